The van der Waals surface area contributed by atoms with Gasteiger partial charge in [0, 0.05) is 52.1 Å². The lowest BCUT2D eigenvalue weighted by Crippen LogP contribution is -2.71. The zero-order chi connectivity index (χ0) is 66.2. The second kappa shape index (κ2) is 31.7. The molecule has 0 aromatic rings. The molecule has 6 N–H and O–H groups in total. The van der Waals surface area contributed by atoms with Gasteiger partial charge in [-0.15, -0.1) is 0 Å². The minimum atomic E-state index is -2.03. The Balaban J connectivity index is 2.44. The largest absolute Gasteiger partial charge is 0.463 e. The number of hydrogen-bond acceptors (Lipinski definition) is 24. The fourth-order valence-electron chi connectivity index (χ4n) is 9.01. The van der Waals surface area contributed by atoms with Crippen LogP contribution in [-0.2, 0) is 85.6 Å². The lowest BCUT2D eigenvalue weighted by Gasteiger charge is -2.50. The first kappa shape index (κ1) is 74.1. The molecule has 3 rings (SSSR count). The number of carbonyl (C=O) groups is 10. The average molecular weight is 1250 g/mol. The summed E-state index contributed by atoms with van der Waals surface area (Å²) in [5.41, 5.74) is 5.54. The Hall–Kier alpha value is -7.15. The Morgan fingerprint density at radius 3 is 1.47 bits per heavy atom. The molecule has 87 heavy (non-hydrogen) atoms. The molecule has 6 unspecified atom stereocenters. The van der Waals surface area contributed by atoms with Crippen molar-refractivity contribution in [3.8, 4) is 0 Å². The third-order valence-electron chi connectivity index (χ3n) is 11.9. The van der Waals surface area contributed by atoms with E-state index < -0.39 is 187 Å². The molecule has 0 aromatic carbocycles. The molecule has 494 valence electrons. The van der Waals surface area contributed by atoms with Crippen molar-refractivity contribution >= 4 is 60.3 Å². The summed E-state index contributed by atoms with van der Waals surface area (Å²) in [6.07, 6.45) is -20.2. The minimum absolute atomic E-state index is 0.0891. The molecule has 32 nitrogen and oxygen atoms in total. The number of nitrogens with zero attached hydrogens (tertiary/aromatic N) is 3. The highest BCUT2D eigenvalue weighted by Crippen LogP contribution is 2.37. The molecule has 0 bridgehead atoms. The van der Waals surface area contributed by atoms with Crippen LogP contribution in [0, 0.1) is 0 Å². The number of ether oxygens (including phenoxy) is 13. The molecule has 32 heteroatoms. The molecule has 6 amide bonds. The van der Waals surface area contributed by atoms with Crippen LogP contribution >= 0.6 is 0 Å². The number of esters is 4. The molecule has 2 saturated heterocycles. The summed E-state index contributed by atoms with van der Waals surface area (Å²) in [4.78, 5) is 136. The number of azide groups is 1. The van der Waals surface area contributed by atoms with Crippen LogP contribution in [0.5, 0.6) is 0 Å². The zero-order valence-corrected chi connectivity index (χ0v) is 53.3. The third kappa shape index (κ3) is 27.6. The number of rotatable bonds is 20. The number of nitrogens with one attached hydrogen (secondary N) is 6. The van der Waals surface area contributed by atoms with Gasteiger partial charge in [-0.05, 0) is 129 Å². The van der Waals surface area contributed by atoms with Crippen molar-refractivity contribution < 1.29 is 110 Å². The predicted molar refractivity (Wildman–Crippen MR) is 302 cm³/mol. The fraction of sp³-hybridized carbons (Fsp3) is 0.818. The van der Waals surface area contributed by atoms with E-state index in [4.69, 9.17) is 61.6 Å². The molecule has 2 aliphatic heterocycles. The van der Waals surface area contributed by atoms with Crippen LogP contribution < -0.4 is 31.9 Å². The molecule has 0 radical (unpaired) electrons. The fourth-order valence-corrected chi connectivity index (χ4v) is 9.01. The minimum Gasteiger partial charge on any atom is -0.463 e. The predicted octanol–water partition coefficient (Wildman–Crippen LogP) is 5.03. The van der Waals surface area contributed by atoms with Gasteiger partial charge in [-0.3, -0.25) is 24.0 Å². The van der Waals surface area contributed by atoms with Crippen LogP contribution in [0.15, 0.2) is 5.11 Å². The van der Waals surface area contributed by atoms with Gasteiger partial charge in [0.05, 0.1) is 42.5 Å². The van der Waals surface area contributed by atoms with Gasteiger partial charge in [-0.2, -0.15) is 0 Å². The number of hydrogen-bond donors (Lipinski definition) is 6. The quantitative estimate of drug-likeness (QED) is 0.0306. The van der Waals surface area contributed by atoms with E-state index in [1.54, 1.807) is 104 Å². The Labute approximate surface area is 506 Å². The van der Waals surface area contributed by atoms with E-state index in [1.807, 2.05) is 0 Å². The van der Waals surface area contributed by atoms with Crippen molar-refractivity contribution in [2.24, 2.45) is 5.11 Å². The van der Waals surface area contributed by atoms with Gasteiger partial charge in [0.25, 0.3) is 5.91 Å². The molecule has 2 heterocycles. The maximum atomic E-state index is 14.8. The van der Waals surface area contributed by atoms with Crippen LogP contribution in [-0.4, -0.2) is 193 Å². The van der Waals surface area contributed by atoms with E-state index in [1.165, 1.54) is 0 Å². The van der Waals surface area contributed by atoms with Gasteiger partial charge in [-0.25, -0.2) is 24.0 Å². The summed E-state index contributed by atoms with van der Waals surface area (Å²) >= 11 is 0. The van der Waals surface area contributed by atoms with Crippen molar-refractivity contribution in [1.82, 2.24) is 31.9 Å². The summed E-state index contributed by atoms with van der Waals surface area (Å²) in [7, 11) is 0. The van der Waals surface area contributed by atoms with Crippen molar-refractivity contribution in [3.63, 3.8) is 0 Å². The third-order valence-corrected chi connectivity index (χ3v) is 11.9. The first-order valence-electron chi connectivity index (χ1n) is 28.4. The monoisotopic (exact) mass is 1250 g/mol. The van der Waals surface area contributed by atoms with Gasteiger partial charge in [-0.1, -0.05) is 5.11 Å². The maximum Gasteiger partial charge on any atom is 0.408 e. The molecule has 3 aliphatic rings. The van der Waals surface area contributed by atoms with E-state index in [0.29, 0.717) is 0 Å². The average Bonchev–Trinajstić information content (AvgIpc) is 0.889. The van der Waals surface area contributed by atoms with Crippen LogP contribution in [0.2, 0.25) is 0 Å². The lowest BCUT2D eigenvalue weighted by atomic mass is 9.81. The van der Waals surface area contributed by atoms with E-state index >= 15 is 0 Å². The summed E-state index contributed by atoms with van der Waals surface area (Å²) in [6.45, 7) is 27.1. The van der Waals surface area contributed by atoms with Crippen molar-refractivity contribution in [2.45, 2.75) is 271 Å². The van der Waals surface area contributed by atoms with Gasteiger partial charge in [0.2, 0.25) is 0 Å². The SMILES string of the molecule is CC(=O)OCC1O[C@H](O[C@@H]2C(N=[N+]=[N-])C(O[C@H]3OC(CNC(=O)OC(C)(C)C)CCC3NC(=O)OC(C)(C)C)[C@H](NC(=O)OC(C)(C)C)C[C@H]2NC(=O)[C@H](CCNC(=O)OC(C)(C)C)OC(C)=O)C(OC(C)=O)[C@@H](NC(=O)OC(C)(C)C)[C@@H]1OC(C)=O. The smallest absolute Gasteiger partial charge is 0.408 e. The summed E-state index contributed by atoms with van der Waals surface area (Å²) in [5, 5.41) is 20.1. The number of carbonyl (C=O) groups excluding carboxylic acids is 10. The second-order valence-electron chi connectivity index (χ2n) is 25.8. The molecular weight excluding hydrogens is 1150 g/mol. The molecule has 1 saturated carbocycles. The lowest BCUT2D eigenvalue weighted by molar-refractivity contribution is -0.308. The summed E-state index contributed by atoms with van der Waals surface area (Å²) in [5.74, 6) is -4.77. The normalized spacial score (nSPS) is 26.2. The van der Waals surface area contributed by atoms with Gasteiger partial charge in [0.1, 0.15) is 46.8 Å². The highest BCUT2D eigenvalue weighted by molar-refractivity contribution is 5.84. The summed E-state index contributed by atoms with van der Waals surface area (Å²) < 4.78 is 76.5. The number of amides is 6. The van der Waals surface area contributed by atoms with Crippen molar-refractivity contribution in [1.29, 1.82) is 0 Å². The van der Waals surface area contributed by atoms with E-state index in [2.05, 4.69) is 41.9 Å². The van der Waals surface area contributed by atoms with E-state index in [0.717, 1.165) is 27.7 Å². The maximum absolute atomic E-state index is 14.8. The highest BCUT2D eigenvalue weighted by atomic mass is 16.7. The van der Waals surface area contributed by atoms with Crippen LogP contribution in [0.4, 0.5) is 24.0 Å². The second-order valence-corrected chi connectivity index (χ2v) is 25.8. The summed E-state index contributed by atoms with van der Waals surface area (Å²) in [6, 6.07) is -7.66. The zero-order valence-electron chi connectivity index (χ0n) is 53.3. The van der Waals surface area contributed by atoms with Crippen LogP contribution in [0.1, 0.15) is 157 Å². The molecule has 0 spiro atoms. The number of alkyl carbamates (subject to hydrolysis) is 5. The topological polar surface area (TPSA) is 412 Å². The van der Waals surface area contributed by atoms with Crippen molar-refractivity contribution in [2.75, 3.05) is 19.7 Å². The Morgan fingerprint density at radius 1 is 0.529 bits per heavy atom. The molecule has 1 aliphatic carbocycles. The van der Waals surface area contributed by atoms with E-state index in [-0.39, 0.29) is 32.4 Å². The Morgan fingerprint density at radius 2 is 0.989 bits per heavy atom. The van der Waals surface area contributed by atoms with Crippen LogP contribution in [0.25, 0.3) is 10.4 Å². The Kier molecular flexibility index (Phi) is 27.0. The molecule has 14 atom stereocenters. The molecule has 3 fully saturated rings. The van der Waals surface area contributed by atoms with Crippen LogP contribution in [0.3, 0.4) is 0 Å². The van der Waals surface area contributed by atoms with Gasteiger partial charge >= 0.3 is 54.3 Å². The van der Waals surface area contributed by atoms with Gasteiger partial charge < -0.3 is 93.5 Å². The first-order valence-corrected chi connectivity index (χ1v) is 28.4. The molecular formula is C55H91N9O23. The van der Waals surface area contributed by atoms with Crippen molar-refractivity contribution in [3.05, 3.63) is 10.4 Å². The first-order chi connectivity index (χ1) is 39.9. The van der Waals surface area contributed by atoms with E-state index in [9.17, 15) is 53.5 Å². The highest BCUT2D eigenvalue weighted by Gasteiger charge is 2.56. The standard InChI is InChI=1S/C55H91N9O23/c1-27(65)75-26-36-41(77-29(3)67)37(62-50(74)87-55(17,18)19)42(78-30(4)68)45(80-36)82-39-33(59-43(69)35(76-28(2)66)22-23-57-46(70)83-51(5,6)7)24-34(61-49(73)86-54(14,15)16)40(38(39)63-64-56)81-44-32(60-48(72)85-53(11,12)13)21-20-31(79-44)25-58-47(71)84-52(8,9)10/h31-42,44-45H,20-26H2,1-19H3,(H,57,70)(H,58,71)(H,59,69)(H,60,72)(H,61,73)(H,62,74)/t31?,32?,33-,34-,35+,36?,37+,38?,39+,40?,41-,42?,44-,45-/m1/s1. The Bertz CT molecular complexity index is 2460. The van der Waals surface area contributed by atoms with Gasteiger partial charge in [0.15, 0.2) is 30.9 Å². The molecule has 0 aromatic heterocycles.